The average Bonchev–Trinajstić information content (AvgIpc) is 2.38. The van der Waals surface area contributed by atoms with E-state index in [-0.39, 0.29) is 11.0 Å². The minimum absolute atomic E-state index is 0.133. The van der Waals surface area contributed by atoms with Crippen LogP contribution in [0.3, 0.4) is 0 Å². The molecule has 0 heterocycles. The second-order valence-corrected chi connectivity index (χ2v) is 5.69. The smallest absolute Gasteiger partial charge is 0.213 e. The Bertz CT molecular complexity index is 343. The molecule has 0 atom stereocenters. The first kappa shape index (κ1) is 13.4. The Labute approximate surface area is 108 Å². The van der Waals surface area contributed by atoms with Gasteiger partial charge in [-0.3, -0.25) is 10.1 Å². The van der Waals surface area contributed by atoms with E-state index in [0.717, 1.165) is 38.5 Å². The summed E-state index contributed by atoms with van der Waals surface area (Å²) >= 11 is 0. The molecule has 0 aliphatic heterocycles. The number of nitrogens with zero attached hydrogens (tertiary/aromatic N) is 1. The lowest BCUT2D eigenvalue weighted by atomic mass is 9.84. The molecule has 4 nitrogen and oxygen atoms in total. The summed E-state index contributed by atoms with van der Waals surface area (Å²) in [6.45, 7) is 0. The summed E-state index contributed by atoms with van der Waals surface area (Å²) in [6, 6.07) is 0.0503. The molecule has 0 saturated heterocycles. The minimum Gasteiger partial charge on any atom is -0.328 e. The van der Waals surface area contributed by atoms with E-state index >= 15 is 0 Å². The molecule has 0 spiro atoms. The summed E-state index contributed by atoms with van der Waals surface area (Å²) in [5.74, 6) is 7.63. The Morgan fingerprint density at radius 3 is 1.78 bits per heavy atom. The van der Waals surface area contributed by atoms with E-state index < -0.39 is 0 Å². The third-order valence-electron chi connectivity index (χ3n) is 4.26. The zero-order chi connectivity index (χ0) is 13.0. The highest BCUT2D eigenvalue weighted by Gasteiger charge is 2.27. The molecule has 18 heavy (non-hydrogen) atoms. The van der Waals surface area contributed by atoms with Gasteiger partial charge in [0.25, 0.3) is 0 Å². The van der Waals surface area contributed by atoms with Crippen LogP contribution in [-0.2, 0) is 0 Å². The number of rotatable bonds is 1. The number of hydrogen-bond donors (Lipinski definition) is 1. The van der Waals surface area contributed by atoms with Gasteiger partial charge in [-0.2, -0.15) is 0 Å². The Hall–Kier alpha value is -1.08. The molecular formula is C14H22N2O2. The summed E-state index contributed by atoms with van der Waals surface area (Å²) in [5, 5.41) is 10.7. The zero-order valence-corrected chi connectivity index (χ0v) is 10.8. The largest absolute Gasteiger partial charge is 0.328 e. The van der Waals surface area contributed by atoms with Crippen molar-refractivity contribution in [3.8, 4) is 11.8 Å². The van der Waals surface area contributed by atoms with Crippen LogP contribution in [0.15, 0.2) is 0 Å². The van der Waals surface area contributed by atoms with Gasteiger partial charge < -0.3 is 5.73 Å². The first-order valence-corrected chi connectivity index (χ1v) is 7.05. The van der Waals surface area contributed by atoms with E-state index in [4.69, 9.17) is 5.73 Å². The molecule has 0 aromatic heterocycles. The number of nitrogens with two attached hydrogens (primary N) is 1. The predicted octanol–water partition coefficient (Wildman–Crippen LogP) is 2.34. The summed E-state index contributed by atoms with van der Waals surface area (Å²) < 4.78 is 0. The molecule has 2 N–H and O–H groups in total. The molecule has 100 valence electrons. The van der Waals surface area contributed by atoms with Crippen molar-refractivity contribution in [2.45, 2.75) is 63.5 Å². The molecule has 2 rings (SSSR count). The van der Waals surface area contributed by atoms with Gasteiger partial charge in [0.2, 0.25) is 6.04 Å². The van der Waals surface area contributed by atoms with Crippen molar-refractivity contribution >= 4 is 0 Å². The molecule has 2 saturated carbocycles. The third kappa shape index (κ3) is 3.71. The maximum absolute atomic E-state index is 10.7. The summed E-state index contributed by atoms with van der Waals surface area (Å²) in [7, 11) is 0. The normalized spacial score (nSPS) is 36.5. The molecule has 0 aromatic carbocycles. The van der Waals surface area contributed by atoms with E-state index in [2.05, 4.69) is 11.8 Å². The van der Waals surface area contributed by atoms with Crippen molar-refractivity contribution in [2.24, 2.45) is 17.6 Å². The van der Waals surface area contributed by atoms with Crippen LogP contribution in [0.2, 0.25) is 0 Å². The van der Waals surface area contributed by atoms with Crippen LogP contribution < -0.4 is 5.73 Å². The maximum atomic E-state index is 10.7. The standard InChI is InChI=1S/C14H22N2O2/c15-13-7-3-11(4-8-13)1-2-12-5-9-14(10-6-12)16(17)18/h11-14H,3-10,15H2. The highest BCUT2D eigenvalue weighted by molar-refractivity contribution is 5.09. The number of hydrogen-bond acceptors (Lipinski definition) is 3. The van der Waals surface area contributed by atoms with Crippen LogP contribution in [0.1, 0.15) is 51.4 Å². The molecule has 0 radical (unpaired) electrons. The van der Waals surface area contributed by atoms with Gasteiger partial charge >= 0.3 is 0 Å². The fourth-order valence-corrected chi connectivity index (χ4v) is 2.93. The zero-order valence-electron chi connectivity index (χ0n) is 10.8. The predicted molar refractivity (Wildman–Crippen MR) is 70.4 cm³/mol. The summed E-state index contributed by atoms with van der Waals surface area (Å²) in [6.07, 6.45) is 7.61. The average molecular weight is 250 g/mol. The lowest BCUT2D eigenvalue weighted by Crippen LogP contribution is -2.26. The third-order valence-corrected chi connectivity index (χ3v) is 4.26. The van der Waals surface area contributed by atoms with Gasteiger partial charge in [-0.05, 0) is 38.5 Å². The first-order valence-electron chi connectivity index (χ1n) is 7.05. The molecule has 2 aliphatic carbocycles. The molecule has 2 aliphatic rings. The second kappa shape index (κ2) is 6.19. The number of nitro groups is 1. The van der Waals surface area contributed by atoms with E-state index in [0.29, 0.717) is 30.7 Å². The molecule has 0 amide bonds. The summed E-state index contributed by atoms with van der Waals surface area (Å²) in [4.78, 5) is 10.5. The van der Waals surface area contributed by atoms with Crippen molar-refractivity contribution in [1.82, 2.24) is 0 Å². The van der Waals surface area contributed by atoms with Crippen LogP contribution in [0.5, 0.6) is 0 Å². The molecule has 2 fully saturated rings. The van der Waals surface area contributed by atoms with Crippen molar-refractivity contribution < 1.29 is 4.92 Å². The van der Waals surface area contributed by atoms with Crippen LogP contribution in [-0.4, -0.2) is 17.0 Å². The monoisotopic (exact) mass is 250 g/mol. The van der Waals surface area contributed by atoms with Gasteiger partial charge in [0, 0.05) is 35.6 Å². The van der Waals surface area contributed by atoms with E-state index in [1.807, 2.05) is 0 Å². The topological polar surface area (TPSA) is 69.2 Å². The van der Waals surface area contributed by atoms with Crippen LogP contribution >= 0.6 is 0 Å². The molecule has 0 bridgehead atoms. The fraction of sp³-hybridized carbons (Fsp3) is 0.857. The Morgan fingerprint density at radius 1 is 0.889 bits per heavy atom. The molecule has 0 aromatic rings. The Balaban J connectivity index is 1.76. The Morgan fingerprint density at radius 2 is 1.33 bits per heavy atom. The van der Waals surface area contributed by atoms with Gasteiger partial charge in [-0.1, -0.05) is 11.8 Å². The van der Waals surface area contributed by atoms with Gasteiger partial charge in [0.15, 0.2) is 0 Å². The van der Waals surface area contributed by atoms with Gasteiger partial charge in [0.1, 0.15) is 0 Å². The van der Waals surface area contributed by atoms with Gasteiger partial charge in [0.05, 0.1) is 0 Å². The lowest BCUT2D eigenvalue weighted by molar-refractivity contribution is -0.526. The Kier molecular flexibility index (Phi) is 4.60. The molecule has 4 heteroatoms. The maximum Gasteiger partial charge on any atom is 0.213 e. The fourth-order valence-electron chi connectivity index (χ4n) is 2.93. The highest BCUT2D eigenvalue weighted by Crippen LogP contribution is 2.26. The second-order valence-electron chi connectivity index (χ2n) is 5.69. The van der Waals surface area contributed by atoms with E-state index in [9.17, 15) is 10.1 Å². The van der Waals surface area contributed by atoms with Crippen molar-refractivity contribution in [2.75, 3.05) is 0 Å². The van der Waals surface area contributed by atoms with E-state index in [1.165, 1.54) is 0 Å². The first-order chi connectivity index (χ1) is 8.65. The molecule has 0 unspecified atom stereocenters. The van der Waals surface area contributed by atoms with Crippen LogP contribution in [0.4, 0.5) is 0 Å². The van der Waals surface area contributed by atoms with Crippen molar-refractivity contribution in [3.05, 3.63) is 10.1 Å². The van der Waals surface area contributed by atoms with Gasteiger partial charge in [-0.25, -0.2) is 0 Å². The highest BCUT2D eigenvalue weighted by atomic mass is 16.6. The van der Waals surface area contributed by atoms with Crippen LogP contribution in [0.25, 0.3) is 0 Å². The van der Waals surface area contributed by atoms with Gasteiger partial charge in [-0.15, -0.1) is 0 Å². The van der Waals surface area contributed by atoms with Crippen LogP contribution in [0, 0.1) is 33.8 Å². The van der Waals surface area contributed by atoms with E-state index in [1.54, 1.807) is 0 Å². The van der Waals surface area contributed by atoms with Crippen molar-refractivity contribution in [1.29, 1.82) is 0 Å². The minimum atomic E-state index is -0.323. The summed E-state index contributed by atoms with van der Waals surface area (Å²) in [5.41, 5.74) is 5.87. The quantitative estimate of drug-likeness (QED) is 0.441. The molecular weight excluding hydrogens is 228 g/mol. The SMILES string of the molecule is NC1CCC(C#CC2CCC([N+](=O)[O-])CC2)CC1. The van der Waals surface area contributed by atoms with Crippen molar-refractivity contribution in [3.63, 3.8) is 0 Å². The lowest BCUT2D eigenvalue weighted by Gasteiger charge is -2.23.